The Labute approximate surface area is 206 Å². The van der Waals surface area contributed by atoms with Crippen molar-refractivity contribution < 1.29 is 73.4 Å². The fourth-order valence-corrected chi connectivity index (χ4v) is 5.19. The van der Waals surface area contributed by atoms with E-state index >= 15 is 0 Å². The lowest BCUT2D eigenvalue weighted by atomic mass is 10.1. The fourth-order valence-electron chi connectivity index (χ4n) is 3.02. The third kappa shape index (κ3) is 7.31. The number of carbonyl (C=O) groups is 1. The molecule has 3 rings (SSSR count). The smallest absolute Gasteiger partial charge is 0.394 e. The average Bonchev–Trinajstić information content (AvgIpc) is 3.37. The zero-order chi connectivity index (χ0) is 28.3. The molecule has 2 aromatic rings. The van der Waals surface area contributed by atoms with Gasteiger partial charge in [-0.15, -0.1) is 0 Å². The van der Waals surface area contributed by atoms with Crippen LogP contribution < -0.4 is 5.73 Å². The molecule has 20 nitrogen and oxygen atoms in total. The molecule has 1 aliphatic heterocycles. The van der Waals surface area contributed by atoms with Crippen LogP contribution in [0.4, 0.5) is 5.82 Å². The number of aromatic nitrogens is 4. The number of aliphatic hydroxyl groups is 7. The highest BCUT2D eigenvalue weighted by molar-refractivity contribution is 7.63. The Morgan fingerprint density at radius 1 is 1.08 bits per heavy atom. The van der Waals surface area contributed by atoms with Crippen molar-refractivity contribution in [2.75, 3.05) is 12.3 Å². The lowest BCUT2D eigenvalue weighted by Gasteiger charge is -2.26. The van der Waals surface area contributed by atoms with Crippen LogP contribution >= 0.6 is 15.4 Å². The normalized spacial score (nSPS) is 27.0. The molecule has 0 spiro atoms. The largest absolute Gasteiger partial charge is 0.476 e. The van der Waals surface area contributed by atoms with E-state index in [-0.39, 0.29) is 12.1 Å². The Morgan fingerprint density at radius 3 is 2.22 bits per heavy atom. The molecule has 2 aromatic heterocycles. The Kier molecular flexibility index (Phi) is 10.3. The number of rotatable bonds is 9. The minimum absolute atomic E-state index is 0.218. The zero-order valence-electron chi connectivity index (χ0n) is 18.3. The van der Waals surface area contributed by atoms with E-state index in [0.29, 0.717) is 11.2 Å². The molecule has 12 N–H and O–H groups in total. The number of ether oxygens (including phenoxy) is 1. The molecule has 22 heteroatoms. The number of anilines is 1. The van der Waals surface area contributed by atoms with E-state index in [1.165, 1.54) is 17.2 Å². The summed E-state index contributed by atoms with van der Waals surface area (Å²) < 4.78 is 31.7. The van der Waals surface area contributed by atoms with Gasteiger partial charge in [-0.05, 0) is 0 Å². The quantitative estimate of drug-likeness (QED) is 0.0980. The molecule has 1 fully saturated rings. The molecule has 37 heavy (non-hydrogen) atoms. The number of aliphatic hydroxyl groups excluding tert-OH is 7. The first-order valence-electron chi connectivity index (χ1n) is 9.88. The Morgan fingerprint density at radius 2 is 1.70 bits per heavy atom. The predicted octanol–water partition coefficient (Wildman–Crippen LogP) is -5.10. The molecule has 1 saturated heterocycles. The first-order valence-corrected chi connectivity index (χ1v) is 13.1. The maximum absolute atomic E-state index is 11.1. The molecular weight excluding hydrogens is 552 g/mol. The summed E-state index contributed by atoms with van der Waals surface area (Å²) in [6.07, 6.45) is -8.73. The first kappa shape index (κ1) is 31.2. The van der Waals surface area contributed by atoms with E-state index in [0.717, 1.165) is 0 Å². The Bertz CT molecular complexity index is 1160. The minimum atomic E-state index is -5.44. The highest BCUT2D eigenvalue weighted by Crippen LogP contribution is 2.60. The van der Waals surface area contributed by atoms with E-state index in [4.69, 9.17) is 50.7 Å². The fraction of sp³-hybridized carbons (Fsp3) is 0.600. The molecule has 2 unspecified atom stereocenters. The Hall–Kier alpha value is -2.00. The minimum Gasteiger partial charge on any atom is -0.394 e. The molecule has 0 saturated carbocycles. The first-order chi connectivity index (χ1) is 17.1. The monoisotopic (exact) mass is 577 g/mol. The van der Waals surface area contributed by atoms with Crippen LogP contribution in [-0.4, -0.2) is 125 Å². The van der Waals surface area contributed by atoms with Crippen molar-refractivity contribution in [2.24, 2.45) is 0 Å². The topological polar surface area (TPSA) is 342 Å². The van der Waals surface area contributed by atoms with Crippen LogP contribution in [0.3, 0.4) is 0 Å². The number of carbonyl (C=O) groups excluding carboxylic acids is 1. The number of hydrogen-bond donors (Lipinski definition) is 11. The molecule has 1 aliphatic rings. The number of hydrogen-bond acceptors (Lipinski definition) is 16. The maximum atomic E-state index is 11.1. The van der Waals surface area contributed by atoms with Crippen molar-refractivity contribution in [3.8, 4) is 0 Å². The summed E-state index contributed by atoms with van der Waals surface area (Å²) >= 11 is 0. The maximum Gasteiger partial charge on any atom is 0.476 e. The number of phosphoric acid groups is 1. The second kappa shape index (κ2) is 12.2. The van der Waals surface area contributed by atoms with Crippen molar-refractivity contribution in [2.45, 2.75) is 48.7 Å². The van der Waals surface area contributed by atoms with Gasteiger partial charge < -0.3 is 65.7 Å². The summed E-state index contributed by atoms with van der Waals surface area (Å²) in [6, 6.07) is 0. The van der Waals surface area contributed by atoms with Crippen LogP contribution in [0.2, 0.25) is 0 Å². The van der Waals surface area contributed by atoms with Crippen molar-refractivity contribution in [1.82, 2.24) is 19.5 Å². The molecular formula is C15H25N5O15P2. The van der Waals surface area contributed by atoms with Crippen molar-refractivity contribution in [3.63, 3.8) is 0 Å². The third-order valence-corrected chi connectivity index (χ3v) is 7.64. The van der Waals surface area contributed by atoms with Crippen LogP contribution in [0.5, 0.6) is 0 Å². The van der Waals surface area contributed by atoms with E-state index in [9.17, 15) is 24.1 Å². The summed E-state index contributed by atoms with van der Waals surface area (Å²) in [5.74, 6) is -2.62. The second-order valence-corrected chi connectivity index (χ2v) is 10.8. The number of aldehydes is 1. The van der Waals surface area contributed by atoms with Gasteiger partial charge in [-0.3, -0.25) is 9.13 Å². The number of fused-ring (bicyclic) bond motifs is 1. The highest BCUT2D eigenvalue weighted by atomic mass is 31.3. The molecule has 0 amide bonds. The van der Waals surface area contributed by atoms with E-state index in [1.807, 2.05) is 0 Å². The Balaban J connectivity index is 0.000000261. The van der Waals surface area contributed by atoms with Gasteiger partial charge in [0.1, 0.15) is 48.5 Å². The van der Waals surface area contributed by atoms with Crippen LogP contribution in [0.25, 0.3) is 11.2 Å². The van der Waals surface area contributed by atoms with Gasteiger partial charge in [0, 0.05) is 0 Å². The van der Waals surface area contributed by atoms with Crippen LogP contribution in [0.15, 0.2) is 12.7 Å². The number of nitrogen functional groups attached to an aromatic ring is 1. The molecule has 0 radical (unpaired) electrons. The standard InChI is InChI=1S/C10H13N5O4.C5H12O11P2/c11-8-5-9(13-2-12-8)15(3-14-5)10-7(18)6(17)4(1-16)19-10;6-1-2(7)3(8)4(9)5(10)17(11,12)16-18(13,14)15/h2-4,6-7,10,16-18H,1H2,(H2,11,12,13);1-5,7-10H,(H,11,12)(H2,13,14,15)/t4-,6-,7-,10-;2-,3-,4-,5?/m10/s1. The van der Waals surface area contributed by atoms with Crippen molar-refractivity contribution in [3.05, 3.63) is 12.7 Å². The highest BCUT2D eigenvalue weighted by Gasteiger charge is 2.46. The lowest BCUT2D eigenvalue weighted by molar-refractivity contribution is -0.130. The van der Waals surface area contributed by atoms with Gasteiger partial charge in [-0.25, -0.2) is 23.8 Å². The number of nitrogens with two attached hydrogens (primary N) is 1. The predicted molar refractivity (Wildman–Crippen MR) is 116 cm³/mol. The van der Waals surface area contributed by atoms with Crippen LogP contribution in [0, 0.1) is 0 Å². The lowest BCUT2D eigenvalue weighted by Crippen LogP contribution is -2.45. The second-order valence-electron chi connectivity index (χ2n) is 7.47. The molecule has 9 atom stereocenters. The summed E-state index contributed by atoms with van der Waals surface area (Å²) in [4.78, 5) is 47.4. The summed E-state index contributed by atoms with van der Waals surface area (Å²) in [5.41, 5.74) is 6.44. The van der Waals surface area contributed by atoms with Gasteiger partial charge >= 0.3 is 15.4 Å². The average molecular weight is 577 g/mol. The van der Waals surface area contributed by atoms with Gasteiger partial charge in [0.2, 0.25) is 0 Å². The summed E-state index contributed by atoms with van der Waals surface area (Å²) in [5, 5.41) is 64.8. The molecule has 210 valence electrons. The van der Waals surface area contributed by atoms with Gasteiger partial charge in [0.05, 0.1) is 12.9 Å². The van der Waals surface area contributed by atoms with Crippen molar-refractivity contribution in [1.29, 1.82) is 0 Å². The van der Waals surface area contributed by atoms with Crippen LogP contribution in [-0.2, 0) is 23.0 Å². The summed E-state index contributed by atoms with van der Waals surface area (Å²) in [6.45, 7) is -0.390. The zero-order valence-corrected chi connectivity index (χ0v) is 20.1. The molecule has 0 aromatic carbocycles. The molecule has 0 aliphatic carbocycles. The molecule has 0 bridgehead atoms. The van der Waals surface area contributed by atoms with Gasteiger partial charge in [-0.2, -0.15) is 0 Å². The van der Waals surface area contributed by atoms with E-state index in [1.54, 1.807) is 0 Å². The van der Waals surface area contributed by atoms with Crippen molar-refractivity contribution >= 4 is 38.7 Å². The number of imidazole rings is 1. The van der Waals surface area contributed by atoms with Crippen LogP contribution in [0.1, 0.15) is 6.23 Å². The van der Waals surface area contributed by atoms with E-state index < -0.39 is 70.7 Å². The third-order valence-electron chi connectivity index (χ3n) is 4.88. The SMILES string of the molecule is Nc1ncnc2c1ncn2[C@@H]1O[C@H](CO)[C@@H](O)[C@H]1O.O=C[C@H](O)[C@H](O)[C@H](O)C(O)P(=O)(O)OP(=O)(O)O. The number of nitrogens with zero attached hydrogens (tertiary/aromatic N) is 4. The van der Waals surface area contributed by atoms with Gasteiger partial charge in [0.15, 0.2) is 29.8 Å². The van der Waals surface area contributed by atoms with Gasteiger partial charge in [-0.1, -0.05) is 0 Å². The van der Waals surface area contributed by atoms with Gasteiger partial charge in [0.25, 0.3) is 0 Å². The van der Waals surface area contributed by atoms with E-state index in [2.05, 4.69) is 19.3 Å². The molecule has 3 heterocycles. The summed E-state index contributed by atoms with van der Waals surface area (Å²) in [7, 11) is -10.8.